The molecule has 0 spiro atoms. The molecule has 0 amide bonds. The van der Waals surface area contributed by atoms with Gasteiger partial charge in [-0.25, -0.2) is 8.42 Å². The monoisotopic (exact) mass is 348 g/mol. The summed E-state index contributed by atoms with van der Waals surface area (Å²) < 4.78 is 26.9. The Morgan fingerprint density at radius 1 is 1.14 bits per heavy atom. The second-order valence-corrected chi connectivity index (χ2v) is 7.61. The number of nitrogens with one attached hydrogen (secondary N) is 1. The molecule has 0 aliphatic carbocycles. The average Bonchev–Trinajstić information content (AvgIpc) is 3.18. The normalized spacial score (nSPS) is 11.0. The minimum Gasteiger partial charge on any atom is -0.253 e. The topological polar surface area (TPSA) is 95.7 Å². The first-order chi connectivity index (χ1) is 10.6. The van der Waals surface area contributed by atoms with Crippen LogP contribution in [0.1, 0.15) is 5.56 Å². The van der Waals surface area contributed by atoms with Crippen LogP contribution in [0.15, 0.2) is 46.0 Å². The zero-order chi connectivity index (χ0) is 15.6. The Morgan fingerprint density at radius 3 is 2.55 bits per heavy atom. The van der Waals surface area contributed by atoms with Crippen molar-refractivity contribution in [1.82, 2.24) is 10.2 Å². The lowest BCUT2D eigenvalue weighted by molar-refractivity contribution is 0.601. The van der Waals surface area contributed by atoms with Crippen molar-refractivity contribution in [1.29, 1.82) is 5.26 Å². The van der Waals surface area contributed by atoms with Gasteiger partial charge in [-0.2, -0.15) is 16.6 Å². The van der Waals surface area contributed by atoms with Crippen molar-refractivity contribution in [2.75, 3.05) is 4.72 Å². The predicted octanol–water partition coefficient (Wildman–Crippen LogP) is 2.94. The van der Waals surface area contributed by atoms with E-state index < -0.39 is 10.0 Å². The summed E-state index contributed by atoms with van der Waals surface area (Å²) in [4.78, 5) is 0.0683. The second kappa shape index (κ2) is 5.84. The van der Waals surface area contributed by atoms with Crippen LogP contribution in [0.2, 0.25) is 0 Å². The van der Waals surface area contributed by atoms with E-state index in [0.717, 1.165) is 16.9 Å². The fourth-order valence-electron chi connectivity index (χ4n) is 1.65. The third-order valence-corrected chi connectivity index (χ3v) is 5.76. The van der Waals surface area contributed by atoms with E-state index in [0.29, 0.717) is 10.6 Å². The standard InChI is InChI=1S/C13H8N4O2S3/c14-7-9-1-3-11(4-2-9)22(18,19)17-13-16-15-12(21-13)10-5-6-20-8-10/h1-6,8H,(H,16,17). The Bertz CT molecular complexity index is 923. The average molecular weight is 348 g/mol. The molecule has 2 aromatic heterocycles. The summed E-state index contributed by atoms with van der Waals surface area (Å²) in [5.74, 6) is 0. The van der Waals surface area contributed by atoms with E-state index in [1.807, 2.05) is 22.9 Å². The van der Waals surface area contributed by atoms with Gasteiger partial charge < -0.3 is 0 Å². The lowest BCUT2D eigenvalue weighted by atomic mass is 10.2. The minimum absolute atomic E-state index is 0.0683. The smallest absolute Gasteiger partial charge is 0.253 e. The second-order valence-electron chi connectivity index (χ2n) is 4.17. The Balaban J connectivity index is 1.84. The van der Waals surface area contributed by atoms with E-state index >= 15 is 0 Å². The van der Waals surface area contributed by atoms with Crippen molar-refractivity contribution >= 4 is 37.8 Å². The molecule has 0 saturated heterocycles. The molecule has 3 aromatic rings. The van der Waals surface area contributed by atoms with Crippen LogP contribution in [0.3, 0.4) is 0 Å². The van der Waals surface area contributed by atoms with Gasteiger partial charge in [0, 0.05) is 10.9 Å². The first-order valence-corrected chi connectivity index (χ1v) is 9.22. The number of benzene rings is 1. The van der Waals surface area contributed by atoms with Gasteiger partial charge in [0.2, 0.25) is 5.13 Å². The summed E-state index contributed by atoms with van der Waals surface area (Å²) in [5, 5.41) is 21.2. The van der Waals surface area contributed by atoms with Gasteiger partial charge in [0.1, 0.15) is 5.01 Å². The Labute approximate surface area is 134 Å². The molecule has 1 aromatic carbocycles. The zero-order valence-corrected chi connectivity index (χ0v) is 13.4. The van der Waals surface area contributed by atoms with Crippen LogP contribution < -0.4 is 4.72 Å². The van der Waals surface area contributed by atoms with Gasteiger partial charge >= 0.3 is 0 Å². The minimum atomic E-state index is -3.74. The van der Waals surface area contributed by atoms with Crippen molar-refractivity contribution in [3.05, 3.63) is 46.7 Å². The number of anilines is 1. The van der Waals surface area contributed by atoms with Crippen LogP contribution >= 0.6 is 22.7 Å². The quantitative estimate of drug-likeness (QED) is 0.782. The molecular weight excluding hydrogens is 340 g/mol. The van der Waals surface area contributed by atoms with Gasteiger partial charge in [0.05, 0.1) is 16.5 Å². The first kappa shape index (κ1) is 14.6. The van der Waals surface area contributed by atoms with Crippen LogP contribution in [-0.4, -0.2) is 18.6 Å². The molecule has 0 aliphatic rings. The summed E-state index contributed by atoms with van der Waals surface area (Å²) in [6, 6.07) is 9.49. The van der Waals surface area contributed by atoms with E-state index in [9.17, 15) is 8.42 Å². The molecule has 110 valence electrons. The number of hydrogen-bond donors (Lipinski definition) is 1. The van der Waals surface area contributed by atoms with Crippen molar-refractivity contribution < 1.29 is 8.42 Å². The van der Waals surface area contributed by atoms with E-state index in [-0.39, 0.29) is 10.0 Å². The van der Waals surface area contributed by atoms with Gasteiger partial charge in [-0.15, -0.1) is 10.2 Å². The molecule has 0 bridgehead atoms. The molecular formula is C13H8N4O2S3. The highest BCUT2D eigenvalue weighted by atomic mass is 32.2. The molecule has 0 aliphatic heterocycles. The van der Waals surface area contributed by atoms with Crippen LogP contribution in [0.25, 0.3) is 10.6 Å². The van der Waals surface area contributed by atoms with E-state index in [1.54, 1.807) is 0 Å². The van der Waals surface area contributed by atoms with Gasteiger partial charge in [0.25, 0.3) is 10.0 Å². The van der Waals surface area contributed by atoms with Crippen LogP contribution in [0, 0.1) is 11.3 Å². The maximum absolute atomic E-state index is 12.2. The molecule has 22 heavy (non-hydrogen) atoms. The van der Waals surface area contributed by atoms with Crippen molar-refractivity contribution in [2.24, 2.45) is 0 Å². The Hall–Kier alpha value is -2.28. The van der Waals surface area contributed by atoms with E-state index in [1.165, 1.54) is 35.6 Å². The van der Waals surface area contributed by atoms with Gasteiger partial charge in [-0.3, -0.25) is 4.72 Å². The third-order valence-electron chi connectivity index (χ3n) is 2.71. The molecule has 6 nitrogen and oxygen atoms in total. The molecule has 3 rings (SSSR count). The summed E-state index contributed by atoms with van der Waals surface area (Å²) >= 11 is 2.69. The van der Waals surface area contributed by atoms with Crippen molar-refractivity contribution in [3.8, 4) is 16.6 Å². The molecule has 2 heterocycles. The summed E-state index contributed by atoms with van der Waals surface area (Å²) in [5.41, 5.74) is 1.31. The number of nitriles is 1. The highest BCUT2D eigenvalue weighted by Gasteiger charge is 2.17. The highest BCUT2D eigenvalue weighted by molar-refractivity contribution is 7.93. The van der Waals surface area contributed by atoms with Gasteiger partial charge in [-0.05, 0) is 35.7 Å². The summed E-state index contributed by atoms with van der Waals surface area (Å²) in [7, 11) is -3.74. The van der Waals surface area contributed by atoms with E-state index in [4.69, 9.17) is 5.26 Å². The lowest BCUT2D eigenvalue weighted by Crippen LogP contribution is -2.12. The fraction of sp³-hybridized carbons (Fsp3) is 0. The predicted molar refractivity (Wildman–Crippen MR) is 85.2 cm³/mol. The maximum Gasteiger partial charge on any atom is 0.263 e. The molecule has 0 saturated carbocycles. The number of rotatable bonds is 4. The number of hydrogen-bond acceptors (Lipinski definition) is 7. The molecule has 0 atom stereocenters. The van der Waals surface area contributed by atoms with E-state index in [2.05, 4.69) is 14.9 Å². The van der Waals surface area contributed by atoms with Crippen molar-refractivity contribution in [3.63, 3.8) is 0 Å². The van der Waals surface area contributed by atoms with Gasteiger partial charge in [0.15, 0.2) is 0 Å². The SMILES string of the molecule is N#Cc1ccc(S(=O)(=O)Nc2nnc(-c3ccsc3)s2)cc1. The molecule has 0 fully saturated rings. The molecule has 9 heteroatoms. The Kier molecular flexibility index (Phi) is 3.89. The fourth-order valence-corrected chi connectivity index (χ4v) is 4.33. The largest absolute Gasteiger partial charge is 0.263 e. The summed E-state index contributed by atoms with van der Waals surface area (Å²) in [6.07, 6.45) is 0. The first-order valence-electron chi connectivity index (χ1n) is 5.97. The number of thiophene rings is 1. The number of aromatic nitrogens is 2. The van der Waals surface area contributed by atoms with Crippen LogP contribution in [-0.2, 0) is 10.0 Å². The number of nitrogens with zero attached hydrogens (tertiary/aromatic N) is 3. The lowest BCUT2D eigenvalue weighted by Gasteiger charge is -2.04. The Morgan fingerprint density at radius 2 is 1.91 bits per heavy atom. The number of sulfonamides is 1. The van der Waals surface area contributed by atoms with Crippen LogP contribution in [0.5, 0.6) is 0 Å². The molecule has 0 radical (unpaired) electrons. The van der Waals surface area contributed by atoms with Crippen LogP contribution in [0.4, 0.5) is 5.13 Å². The summed E-state index contributed by atoms with van der Waals surface area (Å²) in [6.45, 7) is 0. The zero-order valence-electron chi connectivity index (χ0n) is 10.9. The maximum atomic E-state index is 12.2. The van der Waals surface area contributed by atoms with Crippen molar-refractivity contribution in [2.45, 2.75) is 4.90 Å². The molecule has 0 unspecified atom stereocenters. The third kappa shape index (κ3) is 2.99. The van der Waals surface area contributed by atoms with Gasteiger partial charge in [-0.1, -0.05) is 11.3 Å². The highest BCUT2D eigenvalue weighted by Crippen LogP contribution is 2.29. The molecule has 1 N–H and O–H groups in total.